The van der Waals surface area contributed by atoms with Gasteiger partial charge in [-0.1, -0.05) is 65.0 Å². The lowest BCUT2D eigenvalue weighted by Gasteiger charge is -2.72. The van der Waals surface area contributed by atoms with Crippen LogP contribution in [0, 0.1) is 56.7 Å². The van der Waals surface area contributed by atoms with Crippen molar-refractivity contribution in [3.05, 3.63) is 53.6 Å². The topological polar surface area (TPSA) is 101 Å². The summed E-state index contributed by atoms with van der Waals surface area (Å²) in [5.41, 5.74) is 3.60. The zero-order chi connectivity index (χ0) is 34.5. The SMILES string of the molecule is C=C(C)[C@@H]1CC[C@]2(C(=O)O)CC[C@]3(C)[C@H](CCC4[C@@]5(C)CC=C(c6ccc(C(=O)NS(=O)(=O)C(C)C)cc6)C(C)(C)C5CC[C@]43C)C12. The van der Waals surface area contributed by atoms with E-state index < -0.39 is 32.6 Å². The molecule has 0 saturated heterocycles. The lowest BCUT2D eigenvalue weighted by Crippen LogP contribution is -2.65. The van der Waals surface area contributed by atoms with Gasteiger partial charge in [-0.3, -0.25) is 9.59 Å². The molecule has 6 nitrogen and oxygen atoms in total. The number of allylic oxidation sites excluding steroid dienone is 3. The van der Waals surface area contributed by atoms with Gasteiger partial charge in [0.2, 0.25) is 10.0 Å². The number of amides is 1. The van der Waals surface area contributed by atoms with Gasteiger partial charge in [0.1, 0.15) is 0 Å². The third-order valence-corrected chi connectivity index (χ3v) is 17.1. The molecule has 0 aromatic heterocycles. The minimum atomic E-state index is -3.70. The number of carbonyl (C=O) groups is 2. The molecule has 0 aliphatic heterocycles. The van der Waals surface area contributed by atoms with E-state index in [4.69, 9.17) is 0 Å². The minimum absolute atomic E-state index is 0.0850. The van der Waals surface area contributed by atoms with Crippen LogP contribution in [-0.2, 0) is 14.8 Å². The molecule has 1 aromatic rings. The summed E-state index contributed by atoms with van der Waals surface area (Å²) in [7, 11) is -3.70. The number of carboxylic acid groups (broad SMARTS) is 1. The van der Waals surface area contributed by atoms with E-state index in [9.17, 15) is 23.1 Å². The van der Waals surface area contributed by atoms with Crippen LogP contribution in [0.2, 0.25) is 0 Å². The summed E-state index contributed by atoms with van der Waals surface area (Å²) < 4.78 is 26.7. The quantitative estimate of drug-likeness (QED) is 0.296. The van der Waals surface area contributed by atoms with Crippen molar-refractivity contribution in [3.63, 3.8) is 0 Å². The lowest BCUT2D eigenvalue weighted by molar-refractivity contribution is -0.227. The molecule has 0 heterocycles. The van der Waals surface area contributed by atoms with Gasteiger partial charge in [-0.2, -0.15) is 0 Å². The largest absolute Gasteiger partial charge is 0.481 e. The molecule has 0 spiro atoms. The van der Waals surface area contributed by atoms with E-state index in [1.54, 1.807) is 26.0 Å². The van der Waals surface area contributed by atoms with Crippen LogP contribution in [0.1, 0.15) is 129 Å². The number of nitrogens with one attached hydrogen (secondary N) is 1. The van der Waals surface area contributed by atoms with E-state index in [-0.39, 0.29) is 27.6 Å². The number of carbonyl (C=O) groups excluding carboxylic acids is 1. The van der Waals surface area contributed by atoms with Crippen molar-refractivity contribution in [1.29, 1.82) is 0 Å². The molecule has 1 aromatic carbocycles. The Labute approximate surface area is 283 Å². The van der Waals surface area contributed by atoms with Crippen molar-refractivity contribution in [1.82, 2.24) is 4.72 Å². The summed E-state index contributed by atoms with van der Waals surface area (Å²) in [5, 5.41) is 9.98. The second-order valence-corrected chi connectivity index (χ2v) is 20.0. The summed E-state index contributed by atoms with van der Waals surface area (Å²) in [6.07, 6.45) is 11.6. The van der Waals surface area contributed by atoms with Crippen molar-refractivity contribution in [3.8, 4) is 0 Å². The molecule has 5 aliphatic rings. The predicted molar refractivity (Wildman–Crippen MR) is 188 cm³/mol. The summed E-state index contributed by atoms with van der Waals surface area (Å²) in [4.78, 5) is 25.7. The third-order valence-electron chi connectivity index (χ3n) is 15.4. The van der Waals surface area contributed by atoms with Crippen molar-refractivity contribution in [2.75, 3.05) is 0 Å². The third kappa shape index (κ3) is 4.78. The van der Waals surface area contributed by atoms with Gasteiger partial charge < -0.3 is 5.11 Å². The average molecular weight is 664 g/mol. The van der Waals surface area contributed by atoms with E-state index in [0.29, 0.717) is 29.2 Å². The van der Waals surface area contributed by atoms with Crippen molar-refractivity contribution >= 4 is 27.5 Å². The molecule has 2 N–H and O–H groups in total. The highest BCUT2D eigenvalue weighted by Crippen LogP contribution is 2.77. The fraction of sp³-hybridized carbons (Fsp3) is 0.700. The number of carboxylic acids is 1. The first-order valence-electron chi connectivity index (χ1n) is 18.0. The second kappa shape index (κ2) is 11.1. The number of hydrogen-bond acceptors (Lipinski definition) is 4. The average Bonchev–Trinajstić information content (AvgIpc) is 3.39. The first kappa shape index (κ1) is 34.5. The molecular formula is C40H57NO5S. The molecular weight excluding hydrogens is 607 g/mol. The van der Waals surface area contributed by atoms with Crippen molar-refractivity contribution in [2.45, 2.75) is 118 Å². The van der Waals surface area contributed by atoms with Gasteiger partial charge in [0.25, 0.3) is 5.91 Å². The van der Waals surface area contributed by atoms with Gasteiger partial charge in [0.05, 0.1) is 10.7 Å². The van der Waals surface area contributed by atoms with E-state index in [2.05, 4.69) is 58.9 Å². The van der Waals surface area contributed by atoms with Gasteiger partial charge in [-0.05, 0) is 153 Å². The summed E-state index contributed by atoms with van der Waals surface area (Å²) in [6.45, 7) is 22.1. The monoisotopic (exact) mass is 663 g/mol. The van der Waals surface area contributed by atoms with Gasteiger partial charge in [0.15, 0.2) is 0 Å². The van der Waals surface area contributed by atoms with Crippen LogP contribution in [0.5, 0.6) is 0 Å². The fourth-order valence-electron chi connectivity index (χ4n) is 12.7. The predicted octanol–water partition coefficient (Wildman–Crippen LogP) is 8.89. The highest BCUT2D eigenvalue weighted by Gasteiger charge is 2.71. The number of sulfonamides is 1. The van der Waals surface area contributed by atoms with Crippen LogP contribution in [-0.4, -0.2) is 30.7 Å². The normalized spacial score (nSPS) is 40.7. The molecule has 6 rings (SSSR count). The number of fused-ring (bicyclic) bond motifs is 7. The molecule has 3 unspecified atom stereocenters. The van der Waals surface area contributed by atoms with Crippen LogP contribution >= 0.6 is 0 Å². The van der Waals surface area contributed by atoms with Gasteiger partial charge in [0, 0.05) is 5.56 Å². The molecule has 0 bridgehead atoms. The van der Waals surface area contributed by atoms with E-state index in [0.717, 1.165) is 63.4 Å². The minimum Gasteiger partial charge on any atom is -0.481 e. The van der Waals surface area contributed by atoms with E-state index in [1.165, 1.54) is 11.1 Å². The molecule has 9 atom stereocenters. The van der Waals surface area contributed by atoms with E-state index >= 15 is 0 Å². The fourth-order valence-corrected chi connectivity index (χ4v) is 13.3. The molecule has 1 amide bonds. The van der Waals surface area contributed by atoms with Crippen LogP contribution in [0.4, 0.5) is 0 Å². The summed E-state index contributed by atoms with van der Waals surface area (Å²) in [5.74, 6) is 0.778. The van der Waals surface area contributed by atoms with Crippen molar-refractivity contribution < 1.29 is 23.1 Å². The Balaban J connectivity index is 1.30. The van der Waals surface area contributed by atoms with Crippen LogP contribution in [0.15, 0.2) is 42.5 Å². The smallest absolute Gasteiger partial charge is 0.309 e. The molecule has 4 saturated carbocycles. The zero-order valence-electron chi connectivity index (χ0n) is 29.9. The van der Waals surface area contributed by atoms with Crippen molar-refractivity contribution in [2.24, 2.45) is 56.7 Å². The standard InChI is InChI=1S/C40H57NO5S/c1-24(2)28-16-21-40(35(43)44)23-22-38(8)30(33(28)40)14-15-32-37(7)19-17-29(36(5,6)31(37)18-20-39(32,38)9)26-10-12-27(13-11-26)34(42)41-47(45,46)25(3)4/h10-13,17,25,28,30-33H,1,14-16,18-23H2,2-9H3,(H,41,42)(H,43,44)/t28-,30+,31?,32?,33?,37-,38+,39+,40-/m0/s1. The lowest BCUT2D eigenvalue weighted by atomic mass is 9.32. The summed E-state index contributed by atoms with van der Waals surface area (Å²) >= 11 is 0. The Kier molecular flexibility index (Phi) is 8.10. The number of benzene rings is 1. The number of hydrogen-bond donors (Lipinski definition) is 2. The maximum Gasteiger partial charge on any atom is 0.309 e. The molecule has 4 fully saturated rings. The van der Waals surface area contributed by atoms with Crippen LogP contribution < -0.4 is 4.72 Å². The van der Waals surface area contributed by atoms with Gasteiger partial charge >= 0.3 is 5.97 Å². The molecule has 258 valence electrons. The Morgan fingerprint density at radius 1 is 0.894 bits per heavy atom. The van der Waals surface area contributed by atoms with Crippen LogP contribution in [0.25, 0.3) is 5.57 Å². The second-order valence-electron chi connectivity index (χ2n) is 17.8. The first-order chi connectivity index (χ1) is 21.8. The molecule has 5 aliphatic carbocycles. The highest BCUT2D eigenvalue weighted by atomic mass is 32.2. The summed E-state index contributed by atoms with van der Waals surface area (Å²) in [6, 6.07) is 7.44. The Morgan fingerprint density at radius 2 is 1.55 bits per heavy atom. The van der Waals surface area contributed by atoms with Crippen LogP contribution in [0.3, 0.4) is 0 Å². The van der Waals surface area contributed by atoms with Gasteiger partial charge in [-0.15, -0.1) is 0 Å². The first-order valence-corrected chi connectivity index (χ1v) is 19.6. The highest BCUT2D eigenvalue weighted by molar-refractivity contribution is 7.90. The maximum atomic E-state index is 13.0. The Bertz CT molecular complexity index is 1620. The molecule has 0 radical (unpaired) electrons. The molecule has 47 heavy (non-hydrogen) atoms. The van der Waals surface area contributed by atoms with Gasteiger partial charge in [-0.25, -0.2) is 13.1 Å². The Hall–Kier alpha value is -2.41. The number of rotatable bonds is 6. The molecule has 7 heteroatoms. The number of aliphatic carboxylic acids is 1. The Morgan fingerprint density at radius 3 is 2.15 bits per heavy atom. The zero-order valence-corrected chi connectivity index (χ0v) is 30.7. The maximum absolute atomic E-state index is 13.0. The van der Waals surface area contributed by atoms with E-state index in [1.807, 2.05) is 12.1 Å².